The highest BCUT2D eigenvalue weighted by Gasteiger charge is 2.14. The Morgan fingerprint density at radius 2 is 1.81 bits per heavy atom. The Morgan fingerprint density at radius 1 is 0.963 bits per heavy atom. The molecule has 136 valence electrons. The molecule has 4 rings (SSSR count). The first-order valence-corrected chi connectivity index (χ1v) is 8.92. The molecule has 0 aliphatic carbocycles. The van der Waals surface area contributed by atoms with E-state index >= 15 is 0 Å². The molecule has 0 saturated carbocycles. The summed E-state index contributed by atoms with van der Waals surface area (Å²) < 4.78 is 17.6. The summed E-state index contributed by atoms with van der Waals surface area (Å²) in [6.45, 7) is 5.53. The van der Waals surface area contributed by atoms with Crippen molar-refractivity contribution < 1.29 is 4.39 Å². The van der Waals surface area contributed by atoms with Gasteiger partial charge in [-0.05, 0) is 31.5 Å². The molecular formula is C21H20FN5. The lowest BCUT2D eigenvalue weighted by Crippen LogP contribution is -2.08. The monoisotopic (exact) mass is 361 g/mol. The highest BCUT2D eigenvalue weighted by atomic mass is 19.1. The number of halogens is 1. The lowest BCUT2D eigenvalue weighted by molar-refractivity contribution is 0.583. The van der Waals surface area contributed by atoms with E-state index in [1.54, 1.807) is 18.3 Å². The number of imidazole rings is 2. The minimum absolute atomic E-state index is 0.508. The molecule has 1 aromatic carbocycles. The molecule has 0 aliphatic heterocycles. The van der Waals surface area contributed by atoms with Gasteiger partial charge in [-0.1, -0.05) is 30.3 Å². The summed E-state index contributed by atoms with van der Waals surface area (Å²) in [5.74, 6) is 1.03. The van der Waals surface area contributed by atoms with Crippen LogP contribution in [0.15, 0.2) is 61.1 Å². The van der Waals surface area contributed by atoms with Gasteiger partial charge < -0.3 is 9.13 Å². The van der Waals surface area contributed by atoms with Crippen LogP contribution in [0.25, 0.3) is 22.8 Å². The van der Waals surface area contributed by atoms with Crippen LogP contribution in [0.5, 0.6) is 0 Å². The molecule has 0 spiro atoms. The van der Waals surface area contributed by atoms with Crippen LogP contribution in [0.2, 0.25) is 0 Å². The average Bonchev–Trinajstić information content (AvgIpc) is 3.29. The van der Waals surface area contributed by atoms with Crippen LogP contribution in [0.1, 0.15) is 18.3 Å². The maximum atomic E-state index is 13.5. The standard InChI is InChI=1S/C21H20FN5/c1-3-26-13-18(16-8-5-4-7-15(16)2)25-20(26)14-27-12-11-23-21(27)17-9-6-10-19(22)24-17/h4-13H,3,14H2,1-2H3. The molecule has 0 bridgehead atoms. The minimum atomic E-state index is -0.515. The summed E-state index contributed by atoms with van der Waals surface area (Å²) in [5, 5.41) is 0. The van der Waals surface area contributed by atoms with E-state index in [2.05, 4.69) is 46.7 Å². The molecule has 6 heteroatoms. The molecule has 4 aromatic rings. The van der Waals surface area contributed by atoms with Crippen molar-refractivity contribution in [2.75, 3.05) is 0 Å². The summed E-state index contributed by atoms with van der Waals surface area (Å²) in [6, 6.07) is 12.9. The molecule has 27 heavy (non-hydrogen) atoms. The second-order valence-corrected chi connectivity index (χ2v) is 6.37. The van der Waals surface area contributed by atoms with Crippen molar-refractivity contribution in [3.05, 3.63) is 78.4 Å². The van der Waals surface area contributed by atoms with Crippen LogP contribution in [-0.4, -0.2) is 24.1 Å². The predicted octanol–water partition coefficient (Wildman–Crippen LogP) is 4.32. The molecule has 0 saturated heterocycles. The first-order chi connectivity index (χ1) is 13.2. The van der Waals surface area contributed by atoms with E-state index < -0.39 is 5.95 Å². The Hall–Kier alpha value is -3.28. The van der Waals surface area contributed by atoms with Gasteiger partial charge in [-0.15, -0.1) is 0 Å². The summed E-state index contributed by atoms with van der Waals surface area (Å²) in [4.78, 5) is 13.2. The second-order valence-electron chi connectivity index (χ2n) is 6.37. The van der Waals surface area contributed by atoms with E-state index in [1.165, 1.54) is 11.6 Å². The van der Waals surface area contributed by atoms with Gasteiger partial charge in [0.1, 0.15) is 11.5 Å². The molecule has 0 N–H and O–H groups in total. The number of rotatable bonds is 5. The fourth-order valence-corrected chi connectivity index (χ4v) is 3.20. The molecule has 0 amide bonds. The zero-order valence-corrected chi connectivity index (χ0v) is 15.3. The van der Waals surface area contributed by atoms with E-state index in [1.807, 2.05) is 22.9 Å². The summed E-state index contributed by atoms with van der Waals surface area (Å²) >= 11 is 0. The van der Waals surface area contributed by atoms with Gasteiger partial charge in [0.05, 0.1) is 12.2 Å². The van der Waals surface area contributed by atoms with E-state index in [0.29, 0.717) is 18.1 Å². The van der Waals surface area contributed by atoms with Crippen LogP contribution in [0, 0.1) is 12.9 Å². The van der Waals surface area contributed by atoms with Crippen LogP contribution >= 0.6 is 0 Å². The van der Waals surface area contributed by atoms with E-state index in [9.17, 15) is 4.39 Å². The highest BCUT2D eigenvalue weighted by Crippen LogP contribution is 2.24. The van der Waals surface area contributed by atoms with Crippen molar-refractivity contribution in [3.8, 4) is 22.8 Å². The number of hydrogen-bond acceptors (Lipinski definition) is 3. The van der Waals surface area contributed by atoms with E-state index in [0.717, 1.165) is 23.6 Å². The molecule has 5 nitrogen and oxygen atoms in total. The predicted molar refractivity (Wildman–Crippen MR) is 103 cm³/mol. The number of benzene rings is 1. The first-order valence-electron chi connectivity index (χ1n) is 8.92. The number of hydrogen-bond donors (Lipinski definition) is 0. The molecule has 3 aromatic heterocycles. The zero-order chi connectivity index (χ0) is 18.8. The number of nitrogens with zero attached hydrogens (tertiary/aromatic N) is 5. The fraction of sp³-hybridized carbons (Fsp3) is 0.190. The largest absolute Gasteiger partial charge is 0.333 e. The van der Waals surface area contributed by atoms with Crippen molar-refractivity contribution in [2.24, 2.45) is 0 Å². The van der Waals surface area contributed by atoms with Gasteiger partial charge in [-0.25, -0.2) is 15.0 Å². The molecule has 3 heterocycles. The normalized spacial score (nSPS) is 11.1. The fourth-order valence-electron chi connectivity index (χ4n) is 3.20. The lowest BCUT2D eigenvalue weighted by atomic mass is 10.1. The number of aryl methyl sites for hydroxylation is 2. The third-order valence-electron chi connectivity index (χ3n) is 4.59. The second kappa shape index (κ2) is 7.15. The maximum absolute atomic E-state index is 13.5. The molecule has 0 radical (unpaired) electrons. The van der Waals surface area contributed by atoms with Gasteiger partial charge in [-0.2, -0.15) is 4.39 Å². The summed E-state index contributed by atoms with van der Waals surface area (Å²) in [5.41, 5.74) is 3.78. The van der Waals surface area contributed by atoms with E-state index in [4.69, 9.17) is 4.98 Å². The third kappa shape index (κ3) is 3.38. The number of aromatic nitrogens is 5. The highest BCUT2D eigenvalue weighted by molar-refractivity contribution is 5.63. The van der Waals surface area contributed by atoms with Crippen LogP contribution in [-0.2, 0) is 13.1 Å². The SMILES string of the molecule is CCn1cc(-c2ccccc2C)nc1Cn1ccnc1-c1cccc(F)n1. The Labute approximate surface area is 157 Å². The molecular weight excluding hydrogens is 341 g/mol. The Bertz CT molecular complexity index is 1080. The van der Waals surface area contributed by atoms with Crippen molar-refractivity contribution in [3.63, 3.8) is 0 Å². The maximum Gasteiger partial charge on any atom is 0.213 e. The van der Waals surface area contributed by atoms with Crippen LogP contribution in [0.3, 0.4) is 0 Å². The summed E-state index contributed by atoms with van der Waals surface area (Å²) in [7, 11) is 0. The smallest absolute Gasteiger partial charge is 0.213 e. The van der Waals surface area contributed by atoms with Gasteiger partial charge in [0, 0.05) is 30.7 Å². The van der Waals surface area contributed by atoms with Gasteiger partial charge >= 0.3 is 0 Å². The van der Waals surface area contributed by atoms with Gasteiger partial charge in [-0.3, -0.25) is 0 Å². The Morgan fingerprint density at radius 3 is 2.59 bits per heavy atom. The van der Waals surface area contributed by atoms with Crippen molar-refractivity contribution in [1.82, 2.24) is 24.1 Å². The third-order valence-corrected chi connectivity index (χ3v) is 4.59. The van der Waals surface area contributed by atoms with Crippen LogP contribution in [0.4, 0.5) is 4.39 Å². The quantitative estimate of drug-likeness (QED) is 0.497. The van der Waals surface area contributed by atoms with Gasteiger partial charge in [0.15, 0.2) is 5.82 Å². The molecule has 0 unspecified atom stereocenters. The first kappa shape index (κ1) is 17.1. The zero-order valence-electron chi connectivity index (χ0n) is 15.3. The van der Waals surface area contributed by atoms with Crippen LogP contribution < -0.4 is 0 Å². The Balaban J connectivity index is 1.70. The molecule has 0 fully saturated rings. The van der Waals surface area contributed by atoms with Crippen molar-refractivity contribution in [2.45, 2.75) is 26.9 Å². The number of pyridine rings is 1. The molecule has 0 aliphatic rings. The minimum Gasteiger partial charge on any atom is -0.333 e. The summed E-state index contributed by atoms with van der Waals surface area (Å²) in [6.07, 6.45) is 5.64. The topological polar surface area (TPSA) is 48.5 Å². The average molecular weight is 361 g/mol. The van der Waals surface area contributed by atoms with Gasteiger partial charge in [0.25, 0.3) is 0 Å². The lowest BCUT2D eigenvalue weighted by Gasteiger charge is -2.08. The van der Waals surface area contributed by atoms with Crippen molar-refractivity contribution >= 4 is 0 Å². The Kier molecular flexibility index (Phi) is 4.54. The van der Waals surface area contributed by atoms with E-state index in [-0.39, 0.29) is 0 Å². The molecule has 0 atom stereocenters. The van der Waals surface area contributed by atoms with Crippen molar-refractivity contribution in [1.29, 1.82) is 0 Å². The van der Waals surface area contributed by atoms with Gasteiger partial charge in [0.2, 0.25) is 5.95 Å².